The number of hydrogen-bond donors (Lipinski definition) is 1. The number of thiophene rings is 1. The van der Waals surface area contributed by atoms with Crippen molar-refractivity contribution in [3.8, 4) is 0 Å². The molecule has 4 aromatic rings. The van der Waals surface area contributed by atoms with Crippen LogP contribution in [0.1, 0.15) is 46.1 Å². The molecule has 0 aliphatic carbocycles. The van der Waals surface area contributed by atoms with Crippen LogP contribution >= 0.6 is 22.9 Å². The highest BCUT2D eigenvalue weighted by atomic mass is 35.5. The lowest BCUT2D eigenvalue weighted by Crippen LogP contribution is -2.16. The van der Waals surface area contributed by atoms with Gasteiger partial charge in [0.15, 0.2) is 0 Å². The Bertz CT molecular complexity index is 1250. The van der Waals surface area contributed by atoms with E-state index in [1.165, 1.54) is 6.07 Å². The lowest BCUT2D eigenvalue weighted by molar-refractivity contribution is 0.0955. The monoisotopic (exact) mass is 453 g/mol. The van der Waals surface area contributed by atoms with Crippen LogP contribution in [0.3, 0.4) is 0 Å². The standard InChI is InChI=1S/C24H21ClFN3OS/c1-15(2)23-10-16(14-31-23)24(30)28-27-11-17-12-29(22-9-4-3-6-18(17)22)13-19-20(25)7-5-8-21(19)26/h3-12,14-15H,13H2,1-2H3,(H,28,30)/b27-11-. The molecule has 2 aromatic heterocycles. The van der Waals surface area contributed by atoms with Gasteiger partial charge in [-0.2, -0.15) is 5.10 Å². The van der Waals surface area contributed by atoms with E-state index in [1.54, 1.807) is 29.7 Å². The number of amides is 1. The highest BCUT2D eigenvalue weighted by Crippen LogP contribution is 2.25. The predicted octanol–water partition coefficient (Wildman–Crippen LogP) is 6.43. The first kappa shape index (κ1) is 21.3. The number of rotatable bonds is 6. The zero-order valence-corrected chi connectivity index (χ0v) is 18.7. The van der Waals surface area contributed by atoms with Gasteiger partial charge >= 0.3 is 0 Å². The second-order valence-electron chi connectivity index (χ2n) is 7.52. The molecule has 158 valence electrons. The molecule has 1 amide bonds. The van der Waals surface area contributed by atoms with Crippen molar-refractivity contribution in [3.05, 3.63) is 92.5 Å². The van der Waals surface area contributed by atoms with E-state index >= 15 is 0 Å². The van der Waals surface area contributed by atoms with E-state index in [4.69, 9.17) is 11.6 Å². The third kappa shape index (κ3) is 4.55. The highest BCUT2D eigenvalue weighted by molar-refractivity contribution is 7.10. The van der Waals surface area contributed by atoms with E-state index in [-0.39, 0.29) is 11.7 Å². The van der Waals surface area contributed by atoms with Crippen molar-refractivity contribution in [2.45, 2.75) is 26.3 Å². The Morgan fingerprint density at radius 3 is 2.81 bits per heavy atom. The number of aromatic nitrogens is 1. The van der Waals surface area contributed by atoms with Crippen LogP contribution in [0, 0.1) is 5.82 Å². The lowest BCUT2D eigenvalue weighted by atomic mass is 10.1. The fourth-order valence-corrected chi connectivity index (χ4v) is 4.49. The van der Waals surface area contributed by atoms with Crippen molar-refractivity contribution in [2.24, 2.45) is 5.10 Å². The van der Waals surface area contributed by atoms with Gasteiger partial charge < -0.3 is 4.57 Å². The molecule has 0 saturated carbocycles. The van der Waals surface area contributed by atoms with Gasteiger partial charge in [-0.25, -0.2) is 9.82 Å². The second-order valence-corrected chi connectivity index (χ2v) is 8.87. The molecule has 0 atom stereocenters. The molecule has 0 saturated heterocycles. The minimum absolute atomic E-state index is 0.249. The summed E-state index contributed by atoms with van der Waals surface area (Å²) >= 11 is 7.78. The average molecular weight is 454 g/mol. The molecule has 0 radical (unpaired) electrons. The molecule has 0 spiro atoms. The van der Waals surface area contributed by atoms with Gasteiger partial charge in [-0.1, -0.05) is 49.7 Å². The maximum absolute atomic E-state index is 14.3. The second kappa shape index (κ2) is 9.04. The van der Waals surface area contributed by atoms with E-state index in [0.29, 0.717) is 28.6 Å². The number of fused-ring (bicyclic) bond motifs is 1. The summed E-state index contributed by atoms with van der Waals surface area (Å²) in [5, 5.41) is 7.32. The molecule has 0 unspecified atom stereocenters. The maximum atomic E-state index is 14.3. The number of halogens is 2. The molecule has 2 aromatic carbocycles. The molecule has 1 N–H and O–H groups in total. The molecular formula is C24H21ClFN3OS. The van der Waals surface area contributed by atoms with Crippen LogP contribution in [0.2, 0.25) is 5.02 Å². The van der Waals surface area contributed by atoms with Gasteiger partial charge in [0.25, 0.3) is 5.91 Å². The number of para-hydroxylation sites is 1. The zero-order valence-electron chi connectivity index (χ0n) is 17.1. The molecule has 0 aliphatic rings. The zero-order chi connectivity index (χ0) is 22.0. The molecule has 0 bridgehead atoms. The number of hydrogen-bond acceptors (Lipinski definition) is 3. The first-order valence-electron chi connectivity index (χ1n) is 9.86. The Morgan fingerprint density at radius 2 is 2.06 bits per heavy atom. The van der Waals surface area contributed by atoms with Crippen LogP contribution in [0.5, 0.6) is 0 Å². The number of carbonyl (C=O) groups is 1. The first-order valence-corrected chi connectivity index (χ1v) is 11.1. The van der Waals surface area contributed by atoms with Gasteiger partial charge in [0.05, 0.1) is 18.3 Å². The fraction of sp³-hybridized carbons (Fsp3) is 0.167. The SMILES string of the molecule is CC(C)c1cc(C(=O)N/N=C\c2cn(Cc3c(F)cccc3Cl)c3ccccc23)cs1. The van der Waals surface area contributed by atoms with Gasteiger partial charge in [0.1, 0.15) is 5.82 Å². The van der Waals surface area contributed by atoms with Crippen LogP contribution in [0.15, 0.2) is 65.2 Å². The number of hydrazone groups is 1. The Kier molecular flexibility index (Phi) is 6.20. The van der Waals surface area contributed by atoms with Gasteiger partial charge in [-0.15, -0.1) is 11.3 Å². The Balaban J connectivity index is 1.57. The molecule has 7 heteroatoms. The van der Waals surface area contributed by atoms with E-state index in [1.807, 2.05) is 46.5 Å². The fourth-order valence-electron chi connectivity index (χ4n) is 3.36. The van der Waals surface area contributed by atoms with Gasteiger partial charge in [-0.05, 0) is 30.2 Å². The van der Waals surface area contributed by atoms with E-state index < -0.39 is 0 Å². The average Bonchev–Trinajstić information content (AvgIpc) is 3.37. The minimum atomic E-state index is -0.343. The predicted molar refractivity (Wildman–Crippen MR) is 126 cm³/mol. The molecule has 4 nitrogen and oxygen atoms in total. The van der Waals surface area contributed by atoms with Gasteiger partial charge in [0.2, 0.25) is 0 Å². The molecule has 31 heavy (non-hydrogen) atoms. The number of nitrogens with one attached hydrogen (secondary N) is 1. The number of nitrogens with zero attached hydrogens (tertiary/aromatic N) is 2. The third-order valence-electron chi connectivity index (χ3n) is 5.03. The van der Waals surface area contributed by atoms with E-state index in [0.717, 1.165) is 21.3 Å². The Hall–Kier alpha value is -2.96. The molecule has 0 fully saturated rings. The summed E-state index contributed by atoms with van der Waals surface area (Å²) < 4.78 is 16.2. The summed E-state index contributed by atoms with van der Waals surface area (Å²) in [6, 6.07) is 14.3. The molecule has 2 heterocycles. The smallest absolute Gasteiger partial charge is 0.272 e. The molecule has 0 aliphatic heterocycles. The van der Waals surface area contributed by atoms with Crippen molar-refractivity contribution < 1.29 is 9.18 Å². The summed E-state index contributed by atoms with van der Waals surface area (Å²) in [5.41, 5.74) is 5.36. The van der Waals surface area contributed by atoms with Crippen LogP contribution in [0.4, 0.5) is 4.39 Å². The van der Waals surface area contributed by atoms with E-state index in [9.17, 15) is 9.18 Å². The van der Waals surface area contributed by atoms with Crippen molar-refractivity contribution in [1.82, 2.24) is 9.99 Å². The van der Waals surface area contributed by atoms with E-state index in [2.05, 4.69) is 24.4 Å². The summed E-state index contributed by atoms with van der Waals surface area (Å²) in [6.07, 6.45) is 3.49. The molecular weight excluding hydrogens is 433 g/mol. The number of carbonyl (C=O) groups excluding carboxylic acids is 1. The largest absolute Gasteiger partial charge is 0.342 e. The Labute approximate surface area is 189 Å². The highest BCUT2D eigenvalue weighted by Gasteiger charge is 2.13. The van der Waals surface area contributed by atoms with Gasteiger partial charge in [-0.3, -0.25) is 4.79 Å². The normalized spacial score (nSPS) is 11.6. The van der Waals surface area contributed by atoms with Crippen LogP contribution in [-0.4, -0.2) is 16.7 Å². The summed E-state index contributed by atoms with van der Waals surface area (Å²) in [6.45, 7) is 4.48. The van der Waals surface area contributed by atoms with Crippen LogP contribution in [-0.2, 0) is 6.54 Å². The van der Waals surface area contributed by atoms with Crippen molar-refractivity contribution in [1.29, 1.82) is 0 Å². The summed E-state index contributed by atoms with van der Waals surface area (Å²) in [7, 11) is 0. The number of benzene rings is 2. The van der Waals surface area contributed by atoms with Crippen molar-refractivity contribution >= 4 is 46.0 Å². The quantitative estimate of drug-likeness (QED) is 0.265. The Morgan fingerprint density at radius 1 is 1.26 bits per heavy atom. The maximum Gasteiger partial charge on any atom is 0.272 e. The summed E-state index contributed by atoms with van der Waals surface area (Å²) in [4.78, 5) is 13.5. The third-order valence-corrected chi connectivity index (χ3v) is 6.62. The molecule has 4 rings (SSSR count). The van der Waals surface area contributed by atoms with Crippen molar-refractivity contribution in [2.75, 3.05) is 0 Å². The van der Waals surface area contributed by atoms with Crippen molar-refractivity contribution in [3.63, 3.8) is 0 Å². The minimum Gasteiger partial charge on any atom is -0.342 e. The van der Waals surface area contributed by atoms with Crippen LogP contribution in [0.25, 0.3) is 10.9 Å². The first-order chi connectivity index (χ1) is 14.9. The lowest BCUT2D eigenvalue weighted by Gasteiger charge is -2.08. The van der Waals surface area contributed by atoms with Gasteiger partial charge in [0, 0.05) is 43.5 Å². The topological polar surface area (TPSA) is 46.4 Å². The summed E-state index contributed by atoms with van der Waals surface area (Å²) in [5.74, 6) is -0.213. The van der Waals surface area contributed by atoms with Crippen LogP contribution < -0.4 is 5.43 Å².